The number of hydrogen-bond acceptors (Lipinski definition) is 2. The Morgan fingerprint density at radius 1 is 1.31 bits per heavy atom. The summed E-state index contributed by atoms with van der Waals surface area (Å²) < 4.78 is 0. The molecule has 4 heteroatoms. The van der Waals surface area contributed by atoms with Crippen molar-refractivity contribution in [2.45, 2.75) is 0 Å². The molecule has 0 aliphatic heterocycles. The lowest BCUT2D eigenvalue weighted by molar-refractivity contribution is 0.980. The van der Waals surface area contributed by atoms with Gasteiger partial charge in [0.05, 0.1) is 10.0 Å². The van der Waals surface area contributed by atoms with E-state index in [2.05, 4.69) is 17.5 Å². The largest absolute Gasteiger partial charge is 0.374 e. The van der Waals surface area contributed by atoms with Gasteiger partial charge in [-0.2, -0.15) is 12.6 Å². The summed E-state index contributed by atoms with van der Waals surface area (Å²) in [6.45, 7) is 0.890. The van der Waals surface area contributed by atoms with E-state index in [0.29, 0.717) is 10.0 Å². The van der Waals surface area contributed by atoms with Crippen LogP contribution in [0.3, 0.4) is 0 Å². The highest BCUT2D eigenvalue weighted by Gasteiger charge is 2.02. The molecule has 0 spiro atoms. The first-order valence-corrected chi connectivity index (χ1v) is 5.31. The molecule has 0 unspecified atom stereocenters. The predicted octanol–water partition coefficient (Wildman–Crippen LogP) is 3.36. The minimum Gasteiger partial charge on any atom is -0.374 e. The maximum atomic E-state index is 5.88. The third kappa shape index (κ3) is 2.97. The van der Waals surface area contributed by atoms with Crippen LogP contribution in [0.2, 0.25) is 10.0 Å². The molecule has 1 rings (SSSR count). The van der Waals surface area contributed by atoms with Crippen molar-refractivity contribution in [3.63, 3.8) is 0 Å². The van der Waals surface area contributed by atoms with Gasteiger partial charge in [-0.1, -0.05) is 23.2 Å². The summed E-state index contributed by atoms with van der Waals surface area (Å²) in [5.74, 6) is 0.816. The summed E-state index contributed by atoms with van der Waals surface area (Å²) in [4.78, 5) is 2.08. The zero-order valence-corrected chi connectivity index (χ0v) is 9.70. The Bertz CT molecular complexity index is 291. The van der Waals surface area contributed by atoms with Crippen molar-refractivity contribution in [2.75, 3.05) is 24.2 Å². The zero-order valence-electron chi connectivity index (χ0n) is 7.30. The lowest BCUT2D eigenvalue weighted by Gasteiger charge is -2.18. The van der Waals surface area contributed by atoms with Crippen LogP contribution in [0, 0.1) is 0 Å². The molecule has 0 N–H and O–H groups in total. The van der Waals surface area contributed by atoms with Crippen LogP contribution in [0.5, 0.6) is 0 Å². The van der Waals surface area contributed by atoms with E-state index < -0.39 is 0 Å². The van der Waals surface area contributed by atoms with Crippen molar-refractivity contribution < 1.29 is 0 Å². The Balaban J connectivity index is 2.84. The van der Waals surface area contributed by atoms with Gasteiger partial charge in [0.1, 0.15) is 0 Å². The summed E-state index contributed by atoms with van der Waals surface area (Å²) in [6.07, 6.45) is 0. The van der Waals surface area contributed by atoms with Gasteiger partial charge in [0.25, 0.3) is 0 Å². The van der Waals surface area contributed by atoms with Crippen molar-refractivity contribution in [3.8, 4) is 0 Å². The Morgan fingerprint density at radius 3 is 2.54 bits per heavy atom. The van der Waals surface area contributed by atoms with Crippen LogP contribution < -0.4 is 4.90 Å². The van der Waals surface area contributed by atoms with Crippen molar-refractivity contribution in [3.05, 3.63) is 28.2 Å². The second-order valence-corrected chi connectivity index (χ2v) is 4.01. The van der Waals surface area contributed by atoms with E-state index >= 15 is 0 Å². The fourth-order valence-corrected chi connectivity index (χ4v) is 1.59. The van der Waals surface area contributed by atoms with Crippen LogP contribution in [-0.4, -0.2) is 19.3 Å². The van der Waals surface area contributed by atoms with Crippen molar-refractivity contribution in [1.82, 2.24) is 0 Å². The SMILES string of the molecule is CN(CCS)c1ccc(Cl)c(Cl)c1. The lowest BCUT2D eigenvalue weighted by atomic mass is 10.3. The average Bonchev–Trinajstić information content (AvgIpc) is 2.10. The van der Waals surface area contributed by atoms with E-state index in [0.717, 1.165) is 18.0 Å². The molecule has 1 aromatic carbocycles. The number of halogens is 2. The monoisotopic (exact) mass is 235 g/mol. The lowest BCUT2D eigenvalue weighted by Crippen LogP contribution is -2.19. The molecular formula is C9H11Cl2NS. The molecule has 0 aliphatic carbocycles. The molecule has 0 amide bonds. The second-order valence-electron chi connectivity index (χ2n) is 2.74. The van der Waals surface area contributed by atoms with Gasteiger partial charge < -0.3 is 4.90 Å². The van der Waals surface area contributed by atoms with Gasteiger partial charge in [0, 0.05) is 25.0 Å². The molecular weight excluding hydrogens is 225 g/mol. The third-order valence-corrected chi connectivity index (χ3v) is 2.72. The molecule has 0 saturated heterocycles. The van der Waals surface area contributed by atoms with E-state index in [4.69, 9.17) is 23.2 Å². The summed E-state index contributed by atoms with van der Waals surface area (Å²) in [5.41, 5.74) is 1.06. The van der Waals surface area contributed by atoms with Gasteiger partial charge in [-0.3, -0.25) is 0 Å². The van der Waals surface area contributed by atoms with Crippen molar-refractivity contribution >= 4 is 41.5 Å². The van der Waals surface area contributed by atoms with E-state index in [1.165, 1.54) is 0 Å². The van der Waals surface area contributed by atoms with Gasteiger partial charge in [-0.05, 0) is 18.2 Å². The smallest absolute Gasteiger partial charge is 0.0612 e. The zero-order chi connectivity index (χ0) is 9.84. The number of benzene rings is 1. The highest BCUT2D eigenvalue weighted by atomic mass is 35.5. The molecule has 1 aromatic rings. The maximum Gasteiger partial charge on any atom is 0.0612 e. The van der Waals surface area contributed by atoms with E-state index in [9.17, 15) is 0 Å². The van der Waals surface area contributed by atoms with Gasteiger partial charge in [0.15, 0.2) is 0 Å². The number of anilines is 1. The molecule has 0 radical (unpaired) electrons. The Morgan fingerprint density at radius 2 is 2.00 bits per heavy atom. The maximum absolute atomic E-state index is 5.88. The highest BCUT2D eigenvalue weighted by Crippen LogP contribution is 2.26. The number of hydrogen-bond donors (Lipinski definition) is 1. The summed E-state index contributed by atoms with van der Waals surface area (Å²) in [7, 11) is 2.00. The molecule has 0 atom stereocenters. The molecule has 1 nitrogen and oxygen atoms in total. The van der Waals surface area contributed by atoms with Crippen LogP contribution in [0.25, 0.3) is 0 Å². The van der Waals surface area contributed by atoms with Crippen LogP contribution in [0.15, 0.2) is 18.2 Å². The normalized spacial score (nSPS) is 10.2. The molecule has 13 heavy (non-hydrogen) atoms. The fourth-order valence-electron chi connectivity index (χ4n) is 1.00. The molecule has 0 saturated carbocycles. The topological polar surface area (TPSA) is 3.24 Å². The minimum absolute atomic E-state index is 0.588. The summed E-state index contributed by atoms with van der Waals surface area (Å²) in [6, 6.07) is 5.60. The molecule has 0 fully saturated rings. The second kappa shape index (κ2) is 4.99. The van der Waals surface area contributed by atoms with Crippen LogP contribution in [0.4, 0.5) is 5.69 Å². The van der Waals surface area contributed by atoms with E-state index in [-0.39, 0.29) is 0 Å². The van der Waals surface area contributed by atoms with Crippen LogP contribution in [0.1, 0.15) is 0 Å². The van der Waals surface area contributed by atoms with Crippen molar-refractivity contribution in [1.29, 1.82) is 0 Å². The van der Waals surface area contributed by atoms with Gasteiger partial charge in [-0.25, -0.2) is 0 Å². The fraction of sp³-hybridized carbons (Fsp3) is 0.333. The van der Waals surface area contributed by atoms with E-state index in [1.54, 1.807) is 6.07 Å². The summed E-state index contributed by atoms with van der Waals surface area (Å²) >= 11 is 15.8. The first kappa shape index (κ1) is 11.0. The number of thiol groups is 1. The number of rotatable bonds is 3. The van der Waals surface area contributed by atoms with Crippen molar-refractivity contribution in [2.24, 2.45) is 0 Å². The van der Waals surface area contributed by atoms with Gasteiger partial charge in [-0.15, -0.1) is 0 Å². The molecule has 72 valence electrons. The molecule has 0 aromatic heterocycles. The van der Waals surface area contributed by atoms with Gasteiger partial charge in [0.2, 0.25) is 0 Å². The highest BCUT2D eigenvalue weighted by molar-refractivity contribution is 7.80. The molecule has 0 bridgehead atoms. The minimum atomic E-state index is 0.588. The number of nitrogens with zero attached hydrogens (tertiary/aromatic N) is 1. The quantitative estimate of drug-likeness (QED) is 0.787. The standard InChI is InChI=1S/C9H11Cl2NS/c1-12(4-5-13)7-2-3-8(10)9(11)6-7/h2-3,6,13H,4-5H2,1H3. The molecule has 0 aliphatic rings. The third-order valence-electron chi connectivity index (χ3n) is 1.78. The van der Waals surface area contributed by atoms with E-state index in [1.807, 2.05) is 19.2 Å². The van der Waals surface area contributed by atoms with Crippen LogP contribution >= 0.6 is 35.8 Å². The average molecular weight is 236 g/mol. The van der Waals surface area contributed by atoms with Gasteiger partial charge >= 0.3 is 0 Å². The summed E-state index contributed by atoms with van der Waals surface area (Å²) in [5, 5.41) is 1.18. The predicted molar refractivity (Wildman–Crippen MR) is 63.6 cm³/mol. The Labute approximate surface area is 94.0 Å². The van der Waals surface area contributed by atoms with Crippen LogP contribution in [-0.2, 0) is 0 Å². The Kier molecular flexibility index (Phi) is 4.23. The molecule has 0 heterocycles. The first-order chi connectivity index (χ1) is 6.15. The first-order valence-electron chi connectivity index (χ1n) is 3.92. The Hall–Kier alpha value is -0.0500.